The topological polar surface area (TPSA) is 192 Å². The first-order valence-corrected chi connectivity index (χ1v) is 10.2. The normalized spacial score (nSPS) is 29.1. The molecule has 0 atom stereocenters. The molecule has 12 nitrogen and oxygen atoms in total. The van der Waals surface area contributed by atoms with Gasteiger partial charge in [0.1, 0.15) is 11.2 Å². The van der Waals surface area contributed by atoms with Gasteiger partial charge in [-0.3, -0.25) is 0 Å². The highest BCUT2D eigenvalue weighted by atomic mass is 16.6. The number of carboxylic acids is 2. The number of hydrogen-bond donors (Lipinski definition) is 6. The molecule has 2 amide bonds. The lowest BCUT2D eigenvalue weighted by molar-refractivity contribution is -0.170. The van der Waals surface area contributed by atoms with E-state index >= 15 is 0 Å². The minimum atomic E-state index is -1.69. The highest BCUT2D eigenvalue weighted by molar-refractivity contribution is 5.80. The summed E-state index contributed by atoms with van der Waals surface area (Å²) in [4.78, 5) is 43.7. The van der Waals surface area contributed by atoms with Crippen LogP contribution in [0.25, 0.3) is 0 Å². The SMILES string of the molecule is CC(C)(C)OC(=O)NC1CC(O)(C(=O)O)C1.CC(C)(C)OC(=O)NC1CC(O)(C(=O)O)C1. The second-order valence-corrected chi connectivity index (χ2v) is 10.2. The molecule has 0 bridgehead atoms. The number of carbonyl (C=O) groups excluding carboxylic acids is 2. The maximum absolute atomic E-state index is 11.3. The third-order valence-corrected chi connectivity index (χ3v) is 4.57. The molecule has 32 heavy (non-hydrogen) atoms. The van der Waals surface area contributed by atoms with Crippen LogP contribution in [0.4, 0.5) is 9.59 Å². The van der Waals surface area contributed by atoms with Crippen molar-refractivity contribution in [1.82, 2.24) is 10.6 Å². The van der Waals surface area contributed by atoms with E-state index in [-0.39, 0.29) is 37.8 Å². The minimum absolute atomic E-state index is 0.0155. The first kappa shape index (κ1) is 27.4. The Kier molecular flexibility index (Phi) is 8.14. The molecule has 0 heterocycles. The zero-order valence-corrected chi connectivity index (χ0v) is 19.2. The fourth-order valence-electron chi connectivity index (χ4n) is 3.01. The Morgan fingerprint density at radius 1 is 0.688 bits per heavy atom. The Labute approximate surface area is 186 Å². The summed E-state index contributed by atoms with van der Waals surface area (Å²) in [5, 5.41) is 41.1. The van der Waals surface area contributed by atoms with Crippen molar-refractivity contribution >= 4 is 24.1 Å². The maximum atomic E-state index is 11.3. The van der Waals surface area contributed by atoms with Crippen molar-refractivity contribution in [2.24, 2.45) is 0 Å². The Morgan fingerprint density at radius 2 is 0.938 bits per heavy atom. The van der Waals surface area contributed by atoms with Gasteiger partial charge >= 0.3 is 24.1 Å². The van der Waals surface area contributed by atoms with E-state index in [1.807, 2.05) is 0 Å². The van der Waals surface area contributed by atoms with E-state index in [1.165, 1.54) is 0 Å². The summed E-state index contributed by atoms with van der Waals surface area (Å²) in [6, 6.07) is -0.674. The van der Waals surface area contributed by atoms with Crippen LogP contribution in [0.1, 0.15) is 67.2 Å². The molecular formula is C20H34N2O10. The van der Waals surface area contributed by atoms with Crippen molar-refractivity contribution in [3.8, 4) is 0 Å². The number of carboxylic acid groups (broad SMARTS) is 2. The van der Waals surface area contributed by atoms with Gasteiger partial charge in [-0.1, -0.05) is 0 Å². The molecule has 12 heteroatoms. The second-order valence-electron chi connectivity index (χ2n) is 10.2. The predicted octanol–water partition coefficient (Wildman–Crippen LogP) is 0.978. The molecule has 6 N–H and O–H groups in total. The van der Waals surface area contributed by atoms with Gasteiger partial charge in [0.15, 0.2) is 11.2 Å². The average molecular weight is 462 g/mol. The molecule has 2 saturated carbocycles. The van der Waals surface area contributed by atoms with E-state index in [2.05, 4.69) is 10.6 Å². The minimum Gasteiger partial charge on any atom is -0.479 e. The van der Waals surface area contributed by atoms with Crippen molar-refractivity contribution in [2.45, 2.75) is 102 Å². The lowest BCUT2D eigenvalue weighted by atomic mass is 9.76. The van der Waals surface area contributed by atoms with Gasteiger partial charge in [-0.15, -0.1) is 0 Å². The Morgan fingerprint density at radius 3 is 1.12 bits per heavy atom. The van der Waals surface area contributed by atoms with Gasteiger partial charge in [0.25, 0.3) is 0 Å². The van der Waals surface area contributed by atoms with Gasteiger partial charge in [0.05, 0.1) is 0 Å². The number of aliphatic hydroxyl groups is 2. The van der Waals surface area contributed by atoms with E-state index in [0.717, 1.165) is 0 Å². The van der Waals surface area contributed by atoms with Crippen molar-refractivity contribution in [3.05, 3.63) is 0 Å². The van der Waals surface area contributed by atoms with Gasteiger partial charge in [-0.2, -0.15) is 0 Å². The molecule has 0 aromatic heterocycles. The quantitative estimate of drug-likeness (QED) is 0.351. The molecule has 184 valence electrons. The van der Waals surface area contributed by atoms with Crippen LogP contribution >= 0.6 is 0 Å². The summed E-state index contributed by atoms with van der Waals surface area (Å²) < 4.78 is 9.99. The number of aliphatic carboxylic acids is 2. The Bertz CT molecular complexity index is 664. The van der Waals surface area contributed by atoms with Gasteiger partial charge in [-0.25, -0.2) is 19.2 Å². The predicted molar refractivity (Wildman–Crippen MR) is 110 cm³/mol. The highest BCUT2D eigenvalue weighted by Crippen LogP contribution is 2.33. The summed E-state index contributed by atoms with van der Waals surface area (Å²) in [5.74, 6) is -2.51. The molecule has 0 radical (unpaired) electrons. The van der Waals surface area contributed by atoms with Gasteiger partial charge in [0.2, 0.25) is 0 Å². The largest absolute Gasteiger partial charge is 0.479 e. The van der Waals surface area contributed by atoms with Crippen LogP contribution in [0.3, 0.4) is 0 Å². The van der Waals surface area contributed by atoms with Crippen molar-refractivity contribution in [2.75, 3.05) is 0 Å². The maximum Gasteiger partial charge on any atom is 0.407 e. The van der Waals surface area contributed by atoms with E-state index in [4.69, 9.17) is 19.7 Å². The van der Waals surface area contributed by atoms with E-state index in [0.29, 0.717) is 0 Å². The molecular weight excluding hydrogens is 428 g/mol. The zero-order chi connectivity index (χ0) is 25.1. The zero-order valence-electron chi connectivity index (χ0n) is 19.2. The van der Waals surface area contributed by atoms with Crippen LogP contribution in [0.15, 0.2) is 0 Å². The summed E-state index contributed by atoms with van der Waals surface area (Å²) >= 11 is 0. The van der Waals surface area contributed by atoms with Gasteiger partial charge in [0, 0.05) is 37.8 Å². The monoisotopic (exact) mass is 462 g/mol. The van der Waals surface area contributed by atoms with Crippen LogP contribution in [-0.2, 0) is 19.1 Å². The fraction of sp³-hybridized carbons (Fsp3) is 0.800. The lowest BCUT2D eigenvalue weighted by Gasteiger charge is -2.40. The molecule has 0 aromatic rings. The van der Waals surface area contributed by atoms with Crippen LogP contribution in [0.5, 0.6) is 0 Å². The molecule has 0 spiro atoms. The summed E-state index contributed by atoms with van der Waals surface area (Å²) in [6.45, 7) is 10.4. The average Bonchev–Trinajstić information content (AvgIpc) is 2.48. The van der Waals surface area contributed by atoms with Gasteiger partial charge in [-0.05, 0) is 41.5 Å². The standard InChI is InChI=1S/2C10H17NO5/c2*1-9(2,3)16-8(14)11-6-4-10(15,5-6)7(12)13/h2*6,15H,4-5H2,1-3H3,(H,11,14)(H,12,13). The van der Waals surface area contributed by atoms with Crippen LogP contribution in [-0.4, -0.2) is 79.0 Å². The molecule has 0 aromatic carbocycles. The number of nitrogens with one attached hydrogen (secondary N) is 2. The lowest BCUT2D eigenvalue weighted by Crippen LogP contribution is -2.59. The molecule has 0 unspecified atom stereocenters. The Hall–Kier alpha value is -2.60. The summed E-state index contributed by atoms with van der Waals surface area (Å²) in [7, 11) is 0. The molecule has 2 aliphatic rings. The third kappa shape index (κ3) is 8.50. The van der Waals surface area contributed by atoms with Crippen LogP contribution in [0.2, 0.25) is 0 Å². The number of amides is 2. The van der Waals surface area contributed by atoms with Crippen LogP contribution < -0.4 is 10.6 Å². The fourth-order valence-corrected chi connectivity index (χ4v) is 3.01. The first-order chi connectivity index (χ1) is 14.2. The molecule has 0 aliphatic heterocycles. The third-order valence-electron chi connectivity index (χ3n) is 4.57. The highest BCUT2D eigenvalue weighted by Gasteiger charge is 2.50. The number of rotatable bonds is 4. The summed E-state index contributed by atoms with van der Waals surface area (Å²) in [6.07, 6.45) is -1.12. The smallest absolute Gasteiger partial charge is 0.407 e. The Balaban J connectivity index is 0.000000320. The van der Waals surface area contributed by atoms with Crippen LogP contribution in [0, 0.1) is 0 Å². The molecule has 2 fully saturated rings. The van der Waals surface area contributed by atoms with E-state index in [1.54, 1.807) is 41.5 Å². The number of alkyl carbamates (subject to hydrolysis) is 2. The molecule has 2 rings (SSSR count). The number of hydrogen-bond acceptors (Lipinski definition) is 8. The summed E-state index contributed by atoms with van der Waals surface area (Å²) in [5.41, 5.74) is -4.56. The van der Waals surface area contributed by atoms with Crippen molar-refractivity contribution in [1.29, 1.82) is 0 Å². The molecule has 0 saturated heterocycles. The van der Waals surface area contributed by atoms with Crippen molar-refractivity contribution < 1.29 is 49.1 Å². The molecule has 2 aliphatic carbocycles. The van der Waals surface area contributed by atoms with Crippen molar-refractivity contribution in [3.63, 3.8) is 0 Å². The second kappa shape index (κ2) is 9.49. The number of carbonyl (C=O) groups is 4. The number of ether oxygens (including phenoxy) is 2. The van der Waals surface area contributed by atoms with E-state index < -0.39 is 46.5 Å². The first-order valence-electron chi connectivity index (χ1n) is 10.2. The van der Waals surface area contributed by atoms with Gasteiger partial charge < -0.3 is 40.5 Å². The van der Waals surface area contributed by atoms with E-state index in [9.17, 15) is 29.4 Å².